The minimum Gasteiger partial charge on any atom is -0.438 e. The Labute approximate surface area is 161 Å². The Morgan fingerprint density at radius 3 is 2.57 bits per heavy atom. The topological polar surface area (TPSA) is 60.8 Å². The van der Waals surface area contributed by atoms with Gasteiger partial charge in [-0.1, -0.05) is 24.3 Å². The average molecular weight is 397 g/mol. The van der Waals surface area contributed by atoms with E-state index in [2.05, 4.69) is 9.72 Å². The second kappa shape index (κ2) is 9.18. The summed E-state index contributed by atoms with van der Waals surface area (Å²) in [6, 6.07) is 8.02. The number of allylic oxidation sites excluding steroid dienone is 1. The zero-order chi connectivity index (χ0) is 20.8. The van der Waals surface area contributed by atoms with E-state index in [9.17, 15) is 18.3 Å². The molecule has 0 aliphatic heterocycles. The van der Waals surface area contributed by atoms with Crippen molar-refractivity contribution in [2.45, 2.75) is 32.2 Å². The van der Waals surface area contributed by atoms with Gasteiger partial charge in [-0.15, -0.1) is 0 Å². The predicted octanol–water partition coefficient (Wildman–Crippen LogP) is 4.80. The molecule has 8 heteroatoms. The van der Waals surface area contributed by atoms with Crippen LogP contribution >= 0.6 is 0 Å². The first kappa shape index (κ1) is 21.9. The number of methoxy groups -OCH3 is 1. The van der Waals surface area contributed by atoms with Crippen LogP contribution in [-0.2, 0) is 21.7 Å². The minimum atomic E-state index is -4.68. The first-order valence-electron chi connectivity index (χ1n) is 8.45. The number of aliphatic hydroxyl groups is 1. The van der Waals surface area contributed by atoms with Crippen molar-refractivity contribution >= 4 is 6.08 Å². The lowest BCUT2D eigenvalue weighted by atomic mass is 9.95. The summed E-state index contributed by atoms with van der Waals surface area (Å²) < 4.78 is 56.4. The van der Waals surface area contributed by atoms with E-state index < -0.39 is 18.6 Å². The molecule has 1 heterocycles. The summed E-state index contributed by atoms with van der Waals surface area (Å²) in [5.74, 6) is 0.542. The third kappa shape index (κ3) is 4.89. The number of aliphatic hydroxyl groups excluding tert-OH is 1. The van der Waals surface area contributed by atoms with Crippen LogP contribution in [0.15, 0.2) is 42.6 Å². The Morgan fingerprint density at radius 2 is 1.96 bits per heavy atom. The van der Waals surface area contributed by atoms with Gasteiger partial charge in [-0.3, -0.25) is 0 Å². The second-order valence-corrected chi connectivity index (χ2v) is 6.11. The smallest absolute Gasteiger partial charge is 0.421 e. The van der Waals surface area contributed by atoms with Crippen molar-refractivity contribution in [3.63, 3.8) is 0 Å². The number of pyridine rings is 1. The summed E-state index contributed by atoms with van der Waals surface area (Å²) in [6.07, 6.45) is -0.354. The number of nitrogens with zero attached hydrogens (tertiary/aromatic N) is 1. The SMILES string of the molecule is C/C=C/c1cc(C(C)(OCOC)C(F)(F)F)cnc1Oc1cccc(CO)c1. The van der Waals surface area contributed by atoms with E-state index in [0.29, 0.717) is 16.9 Å². The van der Waals surface area contributed by atoms with Crippen molar-refractivity contribution in [3.05, 3.63) is 59.3 Å². The molecular weight excluding hydrogens is 375 g/mol. The van der Waals surface area contributed by atoms with E-state index in [1.165, 1.54) is 13.2 Å². The largest absolute Gasteiger partial charge is 0.438 e. The Morgan fingerprint density at radius 1 is 1.21 bits per heavy atom. The molecule has 0 aliphatic carbocycles. The van der Waals surface area contributed by atoms with Crippen molar-refractivity contribution in [1.29, 1.82) is 0 Å². The summed E-state index contributed by atoms with van der Waals surface area (Å²) in [4.78, 5) is 4.08. The second-order valence-electron chi connectivity index (χ2n) is 6.11. The van der Waals surface area contributed by atoms with E-state index in [4.69, 9.17) is 9.47 Å². The molecular formula is C20H22F3NO4. The molecule has 152 valence electrons. The lowest BCUT2D eigenvalue weighted by molar-refractivity contribution is -0.296. The Bertz CT molecular complexity index is 823. The molecule has 0 aliphatic rings. The van der Waals surface area contributed by atoms with Crippen molar-refractivity contribution < 1.29 is 32.5 Å². The highest BCUT2D eigenvalue weighted by Gasteiger charge is 2.54. The van der Waals surface area contributed by atoms with Gasteiger partial charge in [0, 0.05) is 24.4 Å². The minimum absolute atomic E-state index is 0.133. The van der Waals surface area contributed by atoms with Crippen LogP contribution in [0.4, 0.5) is 13.2 Å². The lowest BCUT2D eigenvalue weighted by Crippen LogP contribution is -2.42. The van der Waals surface area contributed by atoms with Crippen LogP contribution in [0.5, 0.6) is 11.6 Å². The number of rotatable bonds is 8. The van der Waals surface area contributed by atoms with Crippen LogP contribution < -0.4 is 4.74 Å². The summed E-state index contributed by atoms with van der Waals surface area (Å²) in [6.45, 7) is 1.97. The summed E-state index contributed by atoms with van der Waals surface area (Å²) >= 11 is 0. The van der Waals surface area contributed by atoms with Crippen molar-refractivity contribution in [2.24, 2.45) is 0 Å². The molecule has 0 spiro atoms. The molecule has 0 bridgehead atoms. The van der Waals surface area contributed by atoms with Crippen molar-refractivity contribution in [1.82, 2.24) is 4.98 Å². The molecule has 1 N–H and O–H groups in total. The monoisotopic (exact) mass is 397 g/mol. The zero-order valence-electron chi connectivity index (χ0n) is 15.8. The van der Waals surface area contributed by atoms with Crippen LogP contribution in [-0.4, -0.2) is 30.2 Å². The van der Waals surface area contributed by atoms with Crippen LogP contribution in [0.3, 0.4) is 0 Å². The highest BCUT2D eigenvalue weighted by molar-refractivity contribution is 5.57. The standard InChI is InChI=1S/C20H22F3NO4/c1-4-6-15-10-16(19(2,20(21,22)23)27-13-26-3)11-24-18(15)28-17-8-5-7-14(9-17)12-25/h4-11,25H,12-13H2,1-3H3/b6-4+. The van der Waals surface area contributed by atoms with Gasteiger partial charge in [0.15, 0.2) is 5.60 Å². The molecule has 0 fully saturated rings. The maximum atomic E-state index is 13.7. The van der Waals surface area contributed by atoms with Crippen LogP contribution in [0.25, 0.3) is 6.08 Å². The number of aromatic nitrogens is 1. The van der Waals surface area contributed by atoms with E-state index >= 15 is 0 Å². The fourth-order valence-electron chi connectivity index (χ4n) is 2.44. The van der Waals surface area contributed by atoms with Crippen molar-refractivity contribution in [3.8, 4) is 11.6 Å². The van der Waals surface area contributed by atoms with E-state index in [-0.39, 0.29) is 18.1 Å². The van der Waals surface area contributed by atoms with Gasteiger partial charge in [-0.2, -0.15) is 13.2 Å². The van der Waals surface area contributed by atoms with Crippen LogP contribution in [0, 0.1) is 0 Å². The van der Waals surface area contributed by atoms with Crippen LogP contribution in [0.2, 0.25) is 0 Å². The normalized spacial score (nSPS) is 14.2. The molecule has 0 saturated heterocycles. The highest BCUT2D eigenvalue weighted by atomic mass is 19.4. The van der Waals surface area contributed by atoms with Gasteiger partial charge in [-0.25, -0.2) is 4.98 Å². The number of hydrogen-bond acceptors (Lipinski definition) is 5. The van der Waals surface area contributed by atoms with E-state index in [1.54, 1.807) is 43.3 Å². The number of alkyl halides is 3. The molecule has 2 rings (SSSR count). The maximum Gasteiger partial charge on any atom is 0.421 e. The van der Waals surface area contributed by atoms with Gasteiger partial charge in [0.2, 0.25) is 5.88 Å². The molecule has 0 radical (unpaired) electrons. The lowest BCUT2D eigenvalue weighted by Gasteiger charge is -2.32. The van der Waals surface area contributed by atoms with Gasteiger partial charge < -0.3 is 19.3 Å². The third-order valence-corrected chi connectivity index (χ3v) is 4.08. The molecule has 1 aromatic carbocycles. The van der Waals surface area contributed by atoms with Crippen LogP contribution in [0.1, 0.15) is 30.5 Å². The summed E-state index contributed by atoms with van der Waals surface area (Å²) in [5, 5.41) is 9.23. The average Bonchev–Trinajstić information content (AvgIpc) is 2.67. The summed E-state index contributed by atoms with van der Waals surface area (Å²) in [7, 11) is 1.25. The van der Waals surface area contributed by atoms with Gasteiger partial charge >= 0.3 is 6.18 Å². The third-order valence-electron chi connectivity index (χ3n) is 4.08. The summed E-state index contributed by atoms with van der Waals surface area (Å²) in [5.41, 5.74) is -1.78. The molecule has 0 amide bonds. The number of benzene rings is 1. The first-order valence-corrected chi connectivity index (χ1v) is 8.45. The van der Waals surface area contributed by atoms with E-state index in [0.717, 1.165) is 13.1 Å². The highest BCUT2D eigenvalue weighted by Crippen LogP contribution is 2.43. The molecule has 5 nitrogen and oxygen atoms in total. The fourth-order valence-corrected chi connectivity index (χ4v) is 2.44. The maximum absolute atomic E-state index is 13.7. The molecule has 2 aromatic rings. The number of ether oxygens (including phenoxy) is 3. The Balaban J connectivity index is 2.45. The Hall–Kier alpha value is -2.42. The van der Waals surface area contributed by atoms with E-state index in [1.807, 2.05) is 0 Å². The molecule has 1 unspecified atom stereocenters. The molecule has 28 heavy (non-hydrogen) atoms. The van der Waals surface area contributed by atoms with Gasteiger partial charge in [-0.05, 0) is 37.6 Å². The van der Waals surface area contributed by atoms with Gasteiger partial charge in [0.05, 0.1) is 6.61 Å². The molecule has 1 atom stereocenters. The molecule has 0 saturated carbocycles. The number of halogens is 3. The van der Waals surface area contributed by atoms with Gasteiger partial charge in [0.25, 0.3) is 0 Å². The zero-order valence-corrected chi connectivity index (χ0v) is 15.8. The quantitative estimate of drug-likeness (QED) is 0.649. The first-order chi connectivity index (χ1) is 13.2. The Kier molecular flexibility index (Phi) is 7.17. The van der Waals surface area contributed by atoms with Crippen molar-refractivity contribution in [2.75, 3.05) is 13.9 Å². The fraction of sp³-hybridized carbons (Fsp3) is 0.350. The van der Waals surface area contributed by atoms with Gasteiger partial charge in [0.1, 0.15) is 12.5 Å². The number of hydrogen-bond donors (Lipinski definition) is 1. The molecule has 1 aromatic heterocycles. The predicted molar refractivity (Wildman–Crippen MR) is 97.8 cm³/mol.